The van der Waals surface area contributed by atoms with E-state index in [1.807, 2.05) is 0 Å². The number of aliphatic hydroxyl groups excluding tert-OH is 1. The maximum absolute atomic E-state index is 10.9. The van der Waals surface area contributed by atoms with E-state index >= 15 is 0 Å². The number of benzene rings is 2. The van der Waals surface area contributed by atoms with Gasteiger partial charge in [0.05, 0.1) is 17.1 Å². The van der Waals surface area contributed by atoms with Gasteiger partial charge in [0.25, 0.3) is 0 Å². The zero-order valence-electron chi connectivity index (χ0n) is 10.5. The van der Waals surface area contributed by atoms with Crippen LogP contribution in [-0.2, 0) is 0 Å². The summed E-state index contributed by atoms with van der Waals surface area (Å²) in [6.45, 7) is 3.21. The van der Waals surface area contributed by atoms with Crippen LogP contribution < -0.4 is 0 Å². The topological polar surface area (TPSA) is 98.0 Å². The fraction of sp³-hybridized carbons (Fsp3) is 0.214. The number of carboxylic acids is 1. The number of rotatable bonds is 2. The number of phenolic OH excluding ortho intramolecular Hbond substituents is 2. The fourth-order valence-corrected chi connectivity index (χ4v) is 2.30. The summed E-state index contributed by atoms with van der Waals surface area (Å²) in [4.78, 5) is 10.9. The molecule has 2 aromatic rings. The second kappa shape index (κ2) is 4.44. The number of aryl methyl sites for hydroxylation is 1. The Morgan fingerprint density at radius 3 is 2.37 bits per heavy atom. The fourth-order valence-electron chi connectivity index (χ4n) is 2.30. The second-order valence-electron chi connectivity index (χ2n) is 4.53. The van der Waals surface area contributed by atoms with Crippen molar-refractivity contribution in [3.05, 3.63) is 34.9 Å². The van der Waals surface area contributed by atoms with Crippen LogP contribution in [0, 0.1) is 6.92 Å². The molecule has 5 heteroatoms. The standard InChI is InChI=1S/C14H14O5/c1-6-3-8-4-9(14(18)19)5-10(16)12(8)13(17)11(6)7(2)15/h3-5,7,15-17H,1-2H3,(H,18,19). The van der Waals surface area contributed by atoms with Gasteiger partial charge >= 0.3 is 5.97 Å². The van der Waals surface area contributed by atoms with Crippen molar-refractivity contribution in [1.82, 2.24) is 0 Å². The molecule has 2 rings (SSSR count). The lowest BCUT2D eigenvalue weighted by Crippen LogP contribution is -1.99. The number of phenols is 2. The Morgan fingerprint density at radius 2 is 1.84 bits per heavy atom. The van der Waals surface area contributed by atoms with Crippen LogP contribution in [0.5, 0.6) is 11.5 Å². The molecule has 1 atom stereocenters. The predicted molar refractivity (Wildman–Crippen MR) is 69.6 cm³/mol. The molecular formula is C14H14O5. The van der Waals surface area contributed by atoms with E-state index in [4.69, 9.17) is 5.11 Å². The van der Waals surface area contributed by atoms with Gasteiger partial charge in [-0.25, -0.2) is 4.79 Å². The van der Waals surface area contributed by atoms with E-state index in [0.29, 0.717) is 16.5 Å². The lowest BCUT2D eigenvalue weighted by atomic mass is 9.95. The summed E-state index contributed by atoms with van der Waals surface area (Å²) < 4.78 is 0. The summed E-state index contributed by atoms with van der Waals surface area (Å²) in [6, 6.07) is 4.07. The number of carbonyl (C=O) groups is 1. The quantitative estimate of drug-likeness (QED) is 0.665. The maximum Gasteiger partial charge on any atom is 0.335 e. The minimum absolute atomic E-state index is 0.0615. The van der Waals surface area contributed by atoms with Crippen molar-refractivity contribution in [3.63, 3.8) is 0 Å². The van der Waals surface area contributed by atoms with Crippen LogP contribution in [0.3, 0.4) is 0 Å². The first-order chi connectivity index (χ1) is 8.82. The van der Waals surface area contributed by atoms with Crippen molar-refractivity contribution in [2.45, 2.75) is 20.0 Å². The first-order valence-corrected chi connectivity index (χ1v) is 5.73. The Labute approximate surface area is 109 Å². The summed E-state index contributed by atoms with van der Waals surface area (Å²) in [7, 11) is 0. The first kappa shape index (κ1) is 13.2. The minimum Gasteiger partial charge on any atom is -0.507 e. The van der Waals surface area contributed by atoms with Gasteiger partial charge in [-0.3, -0.25) is 0 Å². The number of fused-ring (bicyclic) bond motifs is 1. The van der Waals surface area contributed by atoms with Gasteiger partial charge in [0, 0.05) is 5.56 Å². The second-order valence-corrected chi connectivity index (χ2v) is 4.53. The third kappa shape index (κ3) is 2.08. The Morgan fingerprint density at radius 1 is 1.21 bits per heavy atom. The summed E-state index contributed by atoms with van der Waals surface area (Å²) in [5.74, 6) is -1.71. The van der Waals surface area contributed by atoms with Crippen LogP contribution in [0.25, 0.3) is 10.8 Å². The van der Waals surface area contributed by atoms with Crippen LogP contribution in [-0.4, -0.2) is 26.4 Å². The van der Waals surface area contributed by atoms with Crippen molar-refractivity contribution < 1.29 is 25.2 Å². The van der Waals surface area contributed by atoms with Gasteiger partial charge in [-0.2, -0.15) is 0 Å². The van der Waals surface area contributed by atoms with Crippen molar-refractivity contribution in [2.75, 3.05) is 0 Å². The van der Waals surface area contributed by atoms with Gasteiger partial charge in [-0.05, 0) is 36.9 Å². The van der Waals surface area contributed by atoms with Crippen LogP contribution in [0.2, 0.25) is 0 Å². The average molecular weight is 262 g/mol. The van der Waals surface area contributed by atoms with Gasteiger partial charge < -0.3 is 20.4 Å². The largest absolute Gasteiger partial charge is 0.507 e. The highest BCUT2D eigenvalue weighted by Crippen LogP contribution is 2.40. The molecule has 0 fully saturated rings. The summed E-state index contributed by atoms with van der Waals surface area (Å²) in [5.41, 5.74) is 0.890. The average Bonchev–Trinajstić information content (AvgIpc) is 2.26. The molecule has 0 radical (unpaired) electrons. The van der Waals surface area contributed by atoms with Crippen molar-refractivity contribution in [1.29, 1.82) is 0 Å². The van der Waals surface area contributed by atoms with E-state index in [1.54, 1.807) is 13.0 Å². The molecule has 0 aliphatic carbocycles. The van der Waals surface area contributed by atoms with Gasteiger partial charge in [0.15, 0.2) is 0 Å². The number of aromatic carboxylic acids is 1. The Bertz CT molecular complexity index is 673. The van der Waals surface area contributed by atoms with Gasteiger partial charge in [0.1, 0.15) is 11.5 Å². The van der Waals surface area contributed by atoms with E-state index < -0.39 is 12.1 Å². The molecule has 5 nitrogen and oxygen atoms in total. The Balaban J connectivity index is 2.88. The molecule has 0 aliphatic heterocycles. The highest BCUT2D eigenvalue weighted by molar-refractivity contribution is 6.01. The van der Waals surface area contributed by atoms with Crippen molar-refractivity contribution >= 4 is 16.7 Å². The van der Waals surface area contributed by atoms with Gasteiger partial charge in [-0.15, -0.1) is 0 Å². The third-order valence-corrected chi connectivity index (χ3v) is 3.10. The van der Waals surface area contributed by atoms with E-state index in [9.17, 15) is 20.1 Å². The molecule has 100 valence electrons. The van der Waals surface area contributed by atoms with Gasteiger partial charge in [0.2, 0.25) is 0 Å². The molecule has 0 heterocycles. The lowest BCUT2D eigenvalue weighted by Gasteiger charge is -2.15. The minimum atomic E-state index is -1.16. The highest BCUT2D eigenvalue weighted by atomic mass is 16.4. The van der Waals surface area contributed by atoms with Gasteiger partial charge in [-0.1, -0.05) is 6.07 Å². The Hall–Kier alpha value is -2.27. The van der Waals surface area contributed by atoms with E-state index in [1.165, 1.54) is 13.0 Å². The molecule has 0 amide bonds. The molecule has 0 spiro atoms. The number of aromatic hydroxyl groups is 2. The molecule has 0 saturated heterocycles. The van der Waals surface area contributed by atoms with Crippen molar-refractivity contribution in [2.24, 2.45) is 0 Å². The first-order valence-electron chi connectivity index (χ1n) is 5.73. The van der Waals surface area contributed by atoms with Crippen LogP contribution in [0.15, 0.2) is 18.2 Å². The maximum atomic E-state index is 10.9. The zero-order chi connectivity index (χ0) is 14.3. The van der Waals surface area contributed by atoms with E-state index in [0.717, 1.165) is 6.07 Å². The van der Waals surface area contributed by atoms with Crippen LogP contribution in [0.1, 0.15) is 34.5 Å². The molecule has 2 aromatic carbocycles. The summed E-state index contributed by atoms with van der Waals surface area (Å²) in [6.07, 6.45) is -0.886. The molecular weight excluding hydrogens is 248 g/mol. The van der Waals surface area contributed by atoms with E-state index in [-0.39, 0.29) is 22.4 Å². The summed E-state index contributed by atoms with van der Waals surface area (Å²) >= 11 is 0. The highest BCUT2D eigenvalue weighted by Gasteiger charge is 2.18. The molecule has 19 heavy (non-hydrogen) atoms. The zero-order valence-corrected chi connectivity index (χ0v) is 10.5. The summed E-state index contributed by atoms with van der Waals surface area (Å²) in [5, 5.41) is 39.2. The Kier molecular flexibility index (Phi) is 3.08. The number of aliphatic hydroxyl groups is 1. The third-order valence-electron chi connectivity index (χ3n) is 3.10. The molecule has 4 N–H and O–H groups in total. The van der Waals surface area contributed by atoms with Crippen LogP contribution >= 0.6 is 0 Å². The number of hydrogen-bond acceptors (Lipinski definition) is 4. The lowest BCUT2D eigenvalue weighted by molar-refractivity contribution is 0.0696. The smallest absolute Gasteiger partial charge is 0.335 e. The molecule has 1 unspecified atom stereocenters. The van der Waals surface area contributed by atoms with E-state index in [2.05, 4.69) is 0 Å². The number of hydrogen-bond donors (Lipinski definition) is 4. The normalized spacial score (nSPS) is 12.6. The monoisotopic (exact) mass is 262 g/mol. The van der Waals surface area contributed by atoms with Crippen LogP contribution in [0.4, 0.5) is 0 Å². The molecule has 0 bridgehead atoms. The number of carboxylic acid groups (broad SMARTS) is 1. The van der Waals surface area contributed by atoms with Crippen molar-refractivity contribution in [3.8, 4) is 11.5 Å². The molecule has 0 aromatic heterocycles. The molecule has 0 aliphatic rings. The predicted octanol–water partition coefficient (Wildman–Crippen LogP) is 2.31. The SMILES string of the molecule is Cc1cc2cc(C(=O)O)cc(O)c2c(O)c1C(C)O. The molecule has 0 saturated carbocycles.